The Balaban J connectivity index is 2.10. The highest BCUT2D eigenvalue weighted by atomic mass is 79.9. The molecule has 0 radical (unpaired) electrons. The number of para-hydroxylation sites is 2. The third-order valence-electron chi connectivity index (χ3n) is 3.63. The lowest BCUT2D eigenvalue weighted by atomic mass is 9.95. The number of carbonyl (C=O) groups is 1. The molecule has 0 bridgehead atoms. The first kappa shape index (κ1) is 17.5. The first-order chi connectivity index (χ1) is 11.1. The van der Waals surface area contributed by atoms with Gasteiger partial charge in [-0.2, -0.15) is 0 Å². The maximum absolute atomic E-state index is 12.6. The Morgan fingerprint density at radius 3 is 2.74 bits per heavy atom. The van der Waals surface area contributed by atoms with Gasteiger partial charge < -0.3 is 15.8 Å². The average Bonchev–Trinajstić information content (AvgIpc) is 2.53. The zero-order chi connectivity index (χ0) is 16.7. The highest BCUT2D eigenvalue weighted by Gasteiger charge is 2.19. The summed E-state index contributed by atoms with van der Waals surface area (Å²) < 4.78 is 6.15. The average molecular weight is 377 g/mol. The van der Waals surface area contributed by atoms with Crippen molar-refractivity contribution >= 4 is 33.2 Å². The number of ether oxygens (including phenoxy) is 1. The molecule has 5 heteroatoms. The van der Waals surface area contributed by atoms with E-state index in [2.05, 4.69) is 21.2 Å². The Bertz CT molecular complexity index is 661. The van der Waals surface area contributed by atoms with Crippen molar-refractivity contribution in [2.45, 2.75) is 12.8 Å². The number of rotatable bonds is 7. The number of hydrogen-bond acceptors (Lipinski definition) is 3. The van der Waals surface area contributed by atoms with Gasteiger partial charge in [0.1, 0.15) is 0 Å². The van der Waals surface area contributed by atoms with Gasteiger partial charge in [-0.25, -0.2) is 0 Å². The van der Waals surface area contributed by atoms with E-state index in [-0.39, 0.29) is 11.8 Å². The third-order valence-corrected chi connectivity index (χ3v) is 4.12. The van der Waals surface area contributed by atoms with Crippen LogP contribution in [0.5, 0.6) is 0 Å². The van der Waals surface area contributed by atoms with Crippen molar-refractivity contribution in [3.8, 4) is 0 Å². The van der Waals surface area contributed by atoms with E-state index in [1.807, 2.05) is 36.4 Å². The normalized spacial score (nSPS) is 11.9. The molecule has 0 spiro atoms. The van der Waals surface area contributed by atoms with Gasteiger partial charge in [-0.1, -0.05) is 40.2 Å². The summed E-state index contributed by atoms with van der Waals surface area (Å²) in [5, 5.41) is 2.92. The molecular weight excluding hydrogens is 356 g/mol. The van der Waals surface area contributed by atoms with Crippen molar-refractivity contribution < 1.29 is 9.53 Å². The molecule has 4 nitrogen and oxygen atoms in total. The molecule has 2 aromatic rings. The fraction of sp³-hybridized carbons (Fsp3) is 0.278. The molecule has 2 rings (SSSR count). The van der Waals surface area contributed by atoms with Crippen LogP contribution < -0.4 is 11.1 Å². The van der Waals surface area contributed by atoms with Gasteiger partial charge >= 0.3 is 0 Å². The van der Waals surface area contributed by atoms with Crippen LogP contribution in [0.3, 0.4) is 0 Å². The quantitative estimate of drug-likeness (QED) is 0.720. The number of hydrogen-bond donors (Lipinski definition) is 2. The van der Waals surface area contributed by atoms with Crippen LogP contribution in [0.15, 0.2) is 53.0 Å². The molecule has 1 atom stereocenters. The summed E-state index contributed by atoms with van der Waals surface area (Å²) in [7, 11) is 1.64. The fourth-order valence-electron chi connectivity index (χ4n) is 2.38. The summed E-state index contributed by atoms with van der Waals surface area (Å²) in [5.41, 5.74) is 8.22. The monoisotopic (exact) mass is 376 g/mol. The third kappa shape index (κ3) is 5.37. The lowest BCUT2D eigenvalue weighted by Gasteiger charge is -2.17. The SMILES string of the molecule is COCCC(Cc1cccc(Br)c1)C(=O)Nc1ccccc1N. The number of nitrogens with one attached hydrogen (secondary N) is 1. The van der Waals surface area contributed by atoms with E-state index < -0.39 is 0 Å². The van der Waals surface area contributed by atoms with E-state index >= 15 is 0 Å². The van der Waals surface area contributed by atoms with E-state index in [0.717, 1.165) is 10.0 Å². The van der Waals surface area contributed by atoms with Crippen LogP contribution in [-0.4, -0.2) is 19.6 Å². The number of nitrogen functional groups attached to an aromatic ring is 1. The fourth-order valence-corrected chi connectivity index (χ4v) is 2.83. The molecule has 2 aromatic carbocycles. The Labute approximate surface area is 145 Å². The molecule has 0 saturated heterocycles. The second-order valence-electron chi connectivity index (χ2n) is 5.39. The van der Waals surface area contributed by atoms with Crippen LogP contribution >= 0.6 is 15.9 Å². The van der Waals surface area contributed by atoms with Gasteiger partial charge in [0.2, 0.25) is 5.91 Å². The largest absolute Gasteiger partial charge is 0.397 e. The molecule has 1 unspecified atom stereocenters. The van der Waals surface area contributed by atoms with E-state index in [4.69, 9.17) is 10.5 Å². The van der Waals surface area contributed by atoms with Crippen molar-refractivity contribution in [1.29, 1.82) is 0 Å². The van der Waals surface area contributed by atoms with E-state index in [1.165, 1.54) is 0 Å². The molecular formula is C18H21BrN2O2. The smallest absolute Gasteiger partial charge is 0.227 e. The summed E-state index contributed by atoms with van der Waals surface area (Å²) in [6, 6.07) is 15.3. The van der Waals surface area contributed by atoms with Gasteiger partial charge in [0, 0.05) is 24.1 Å². The molecule has 0 aliphatic heterocycles. The topological polar surface area (TPSA) is 64.3 Å². The Morgan fingerprint density at radius 2 is 2.04 bits per heavy atom. The van der Waals surface area contributed by atoms with Crippen LogP contribution in [0.25, 0.3) is 0 Å². The summed E-state index contributed by atoms with van der Waals surface area (Å²) in [6.07, 6.45) is 1.31. The van der Waals surface area contributed by atoms with E-state index in [1.54, 1.807) is 19.2 Å². The standard InChI is InChI=1S/C18H21BrN2O2/c1-23-10-9-14(11-13-5-4-6-15(19)12-13)18(22)21-17-8-3-2-7-16(17)20/h2-8,12,14H,9-11,20H2,1H3,(H,21,22). The first-order valence-electron chi connectivity index (χ1n) is 7.49. The van der Waals surface area contributed by atoms with Crippen molar-refractivity contribution in [3.63, 3.8) is 0 Å². The Hall–Kier alpha value is -1.85. The van der Waals surface area contributed by atoms with Gasteiger partial charge in [-0.05, 0) is 42.7 Å². The predicted molar refractivity (Wildman–Crippen MR) is 97.3 cm³/mol. The first-order valence-corrected chi connectivity index (χ1v) is 8.28. The molecule has 0 saturated carbocycles. The minimum Gasteiger partial charge on any atom is -0.397 e. The van der Waals surface area contributed by atoms with Crippen LogP contribution in [0.2, 0.25) is 0 Å². The highest BCUT2D eigenvalue weighted by molar-refractivity contribution is 9.10. The number of methoxy groups -OCH3 is 1. The molecule has 122 valence electrons. The molecule has 0 aromatic heterocycles. The lowest BCUT2D eigenvalue weighted by molar-refractivity contribution is -0.120. The van der Waals surface area contributed by atoms with Crippen molar-refractivity contribution in [2.75, 3.05) is 24.8 Å². The second kappa shape index (κ2) is 8.70. The number of halogens is 1. The van der Waals surface area contributed by atoms with Crippen molar-refractivity contribution in [2.24, 2.45) is 5.92 Å². The van der Waals surface area contributed by atoms with Gasteiger partial charge in [-0.3, -0.25) is 4.79 Å². The number of nitrogens with two attached hydrogens (primary N) is 1. The van der Waals surface area contributed by atoms with Crippen LogP contribution in [0.4, 0.5) is 11.4 Å². The summed E-state index contributed by atoms with van der Waals surface area (Å²) >= 11 is 3.46. The predicted octanol–water partition coefficient (Wildman–Crippen LogP) is 3.87. The Morgan fingerprint density at radius 1 is 1.26 bits per heavy atom. The molecule has 0 aliphatic rings. The van der Waals surface area contributed by atoms with Gasteiger partial charge in [0.05, 0.1) is 11.4 Å². The van der Waals surface area contributed by atoms with Gasteiger partial charge in [0.15, 0.2) is 0 Å². The second-order valence-corrected chi connectivity index (χ2v) is 6.30. The minimum atomic E-state index is -0.177. The van der Waals surface area contributed by atoms with Gasteiger partial charge in [0.25, 0.3) is 0 Å². The van der Waals surface area contributed by atoms with Crippen LogP contribution in [0.1, 0.15) is 12.0 Å². The Kier molecular flexibility index (Phi) is 6.62. The van der Waals surface area contributed by atoms with E-state index in [9.17, 15) is 4.79 Å². The maximum atomic E-state index is 12.6. The number of amides is 1. The summed E-state index contributed by atoms with van der Waals surface area (Å²) in [6.45, 7) is 0.538. The molecule has 0 fully saturated rings. The zero-order valence-electron chi connectivity index (χ0n) is 13.1. The van der Waals surface area contributed by atoms with Gasteiger partial charge in [-0.15, -0.1) is 0 Å². The number of anilines is 2. The molecule has 0 heterocycles. The summed E-state index contributed by atoms with van der Waals surface area (Å²) in [4.78, 5) is 12.6. The number of benzene rings is 2. The molecule has 3 N–H and O–H groups in total. The van der Waals surface area contributed by atoms with E-state index in [0.29, 0.717) is 30.8 Å². The van der Waals surface area contributed by atoms with Crippen LogP contribution in [0, 0.1) is 5.92 Å². The maximum Gasteiger partial charge on any atom is 0.227 e. The molecule has 23 heavy (non-hydrogen) atoms. The van der Waals surface area contributed by atoms with Crippen molar-refractivity contribution in [3.05, 3.63) is 58.6 Å². The zero-order valence-corrected chi connectivity index (χ0v) is 14.7. The minimum absolute atomic E-state index is 0.0417. The lowest BCUT2D eigenvalue weighted by Crippen LogP contribution is -2.26. The number of carbonyl (C=O) groups excluding carboxylic acids is 1. The molecule has 0 aliphatic carbocycles. The van der Waals surface area contributed by atoms with Crippen molar-refractivity contribution in [1.82, 2.24) is 0 Å². The highest BCUT2D eigenvalue weighted by Crippen LogP contribution is 2.21. The van der Waals surface area contributed by atoms with Crippen LogP contribution in [-0.2, 0) is 16.0 Å². The molecule has 1 amide bonds. The summed E-state index contributed by atoms with van der Waals surface area (Å²) in [5.74, 6) is -0.219.